The largest absolute Gasteiger partial charge is 0.480 e. The topological polar surface area (TPSA) is 105 Å². The predicted octanol–water partition coefficient (Wildman–Crippen LogP) is 2.79. The minimum atomic E-state index is -0.985. The molecule has 1 fully saturated rings. The Bertz CT molecular complexity index is 738. The number of thiazole rings is 1. The molecular weight excluding hydrogens is 294 g/mol. The number of carboxylic acid groups (broad SMARTS) is 1. The summed E-state index contributed by atoms with van der Waals surface area (Å²) in [6.45, 7) is 1.83. The van der Waals surface area contributed by atoms with E-state index in [0.717, 1.165) is 22.5 Å². The lowest BCUT2D eigenvalue weighted by molar-refractivity contribution is -0.383. The first-order valence-corrected chi connectivity index (χ1v) is 7.32. The van der Waals surface area contributed by atoms with Gasteiger partial charge >= 0.3 is 5.97 Å². The van der Waals surface area contributed by atoms with Crippen molar-refractivity contribution in [2.75, 3.05) is 5.32 Å². The summed E-state index contributed by atoms with van der Waals surface area (Å²) in [5.41, 5.74) is 0.751. The van der Waals surface area contributed by atoms with Gasteiger partial charge in [0.05, 0.1) is 20.1 Å². The van der Waals surface area contributed by atoms with Gasteiger partial charge in [-0.15, -0.1) is 11.3 Å². The van der Waals surface area contributed by atoms with Crippen LogP contribution in [0.25, 0.3) is 10.2 Å². The first kappa shape index (κ1) is 13.7. The number of carboxylic acids is 1. The van der Waals surface area contributed by atoms with Crippen LogP contribution in [0.4, 0.5) is 11.4 Å². The third-order valence-corrected chi connectivity index (χ3v) is 4.41. The van der Waals surface area contributed by atoms with Crippen LogP contribution in [0, 0.1) is 23.0 Å². The zero-order valence-corrected chi connectivity index (χ0v) is 12.0. The number of carbonyl (C=O) groups is 1. The molecule has 8 heteroatoms. The maximum Gasteiger partial charge on any atom is 0.326 e. The number of nitrogens with one attached hydrogen (secondary N) is 1. The van der Waals surface area contributed by atoms with Gasteiger partial charge in [0.25, 0.3) is 5.69 Å². The highest BCUT2D eigenvalue weighted by Crippen LogP contribution is 2.38. The lowest BCUT2D eigenvalue weighted by Crippen LogP contribution is -2.31. The molecule has 1 heterocycles. The Balaban J connectivity index is 2.04. The van der Waals surface area contributed by atoms with Crippen molar-refractivity contribution in [3.63, 3.8) is 0 Å². The number of fused-ring (bicyclic) bond motifs is 1. The summed E-state index contributed by atoms with van der Waals surface area (Å²) < 4.78 is 0.725. The van der Waals surface area contributed by atoms with E-state index in [1.165, 1.54) is 17.4 Å². The SMILES string of the molecule is Cc1nc2cc(NC(C(=O)O)C3CC3)c([N+](=O)[O-])cc2s1. The van der Waals surface area contributed by atoms with Gasteiger partial charge in [0, 0.05) is 6.07 Å². The van der Waals surface area contributed by atoms with Crippen LogP contribution >= 0.6 is 11.3 Å². The summed E-state index contributed by atoms with van der Waals surface area (Å²) in [7, 11) is 0. The first-order chi connectivity index (χ1) is 9.95. The smallest absolute Gasteiger partial charge is 0.326 e. The Labute approximate surface area is 123 Å². The van der Waals surface area contributed by atoms with E-state index in [9.17, 15) is 20.0 Å². The standard InChI is InChI=1S/C13H13N3O4S/c1-6-14-9-4-8(10(16(19)20)5-11(9)21-6)15-12(13(17)18)7-2-3-7/h4-5,7,12,15H,2-3H2,1H3,(H,17,18). The van der Waals surface area contributed by atoms with Crippen molar-refractivity contribution in [2.24, 2.45) is 5.92 Å². The molecule has 0 saturated heterocycles. The van der Waals surface area contributed by atoms with Crippen molar-refractivity contribution in [3.05, 3.63) is 27.3 Å². The van der Waals surface area contributed by atoms with E-state index in [4.69, 9.17) is 0 Å². The molecule has 3 rings (SSSR count). The summed E-state index contributed by atoms with van der Waals surface area (Å²) in [4.78, 5) is 26.3. The molecule has 0 aliphatic heterocycles. The quantitative estimate of drug-likeness (QED) is 0.650. The van der Waals surface area contributed by atoms with E-state index in [1.807, 2.05) is 6.92 Å². The van der Waals surface area contributed by atoms with Crippen molar-refractivity contribution in [1.82, 2.24) is 4.98 Å². The Hall–Kier alpha value is -2.22. The monoisotopic (exact) mass is 307 g/mol. The molecule has 1 aliphatic carbocycles. The normalized spacial score (nSPS) is 15.9. The minimum absolute atomic E-state index is 0.0370. The zero-order valence-electron chi connectivity index (χ0n) is 11.2. The number of nitrogens with zero attached hydrogens (tertiary/aromatic N) is 2. The molecule has 0 spiro atoms. The number of benzene rings is 1. The molecule has 0 amide bonds. The molecule has 0 radical (unpaired) electrons. The highest BCUT2D eigenvalue weighted by molar-refractivity contribution is 7.18. The number of anilines is 1. The fourth-order valence-electron chi connectivity index (χ4n) is 2.32. The number of nitro benzene ring substituents is 1. The second-order valence-electron chi connectivity index (χ2n) is 5.12. The third kappa shape index (κ3) is 2.66. The average Bonchev–Trinajstić information content (AvgIpc) is 3.16. The summed E-state index contributed by atoms with van der Waals surface area (Å²) in [6.07, 6.45) is 1.66. The first-order valence-electron chi connectivity index (χ1n) is 6.50. The molecule has 1 aromatic carbocycles. The van der Waals surface area contributed by atoms with Crippen LogP contribution in [0.1, 0.15) is 17.8 Å². The molecule has 1 unspecified atom stereocenters. The summed E-state index contributed by atoms with van der Waals surface area (Å²) in [5, 5.41) is 24.1. The van der Waals surface area contributed by atoms with Crippen LogP contribution in [0.3, 0.4) is 0 Å². The molecule has 1 saturated carbocycles. The fourth-order valence-corrected chi connectivity index (χ4v) is 3.17. The van der Waals surface area contributed by atoms with Gasteiger partial charge in [-0.05, 0) is 31.7 Å². The van der Waals surface area contributed by atoms with E-state index in [0.29, 0.717) is 5.52 Å². The minimum Gasteiger partial charge on any atom is -0.480 e. The summed E-state index contributed by atoms with van der Waals surface area (Å²) in [6, 6.07) is 2.23. The summed E-state index contributed by atoms with van der Waals surface area (Å²) in [5.74, 6) is -0.948. The van der Waals surface area contributed by atoms with Gasteiger partial charge < -0.3 is 10.4 Å². The Morgan fingerprint density at radius 1 is 1.57 bits per heavy atom. The number of nitro groups is 1. The van der Waals surface area contributed by atoms with Gasteiger partial charge in [0.2, 0.25) is 0 Å². The molecule has 1 aliphatic rings. The molecule has 7 nitrogen and oxygen atoms in total. The Morgan fingerprint density at radius 2 is 2.29 bits per heavy atom. The van der Waals surface area contributed by atoms with Crippen LogP contribution in [0.5, 0.6) is 0 Å². The van der Waals surface area contributed by atoms with Gasteiger partial charge in [-0.3, -0.25) is 10.1 Å². The van der Waals surface area contributed by atoms with Crippen LogP contribution < -0.4 is 5.32 Å². The van der Waals surface area contributed by atoms with Gasteiger partial charge in [-0.25, -0.2) is 9.78 Å². The number of aliphatic carboxylic acids is 1. The summed E-state index contributed by atoms with van der Waals surface area (Å²) >= 11 is 1.38. The highest BCUT2D eigenvalue weighted by Gasteiger charge is 2.37. The molecule has 1 atom stereocenters. The Kier molecular flexibility index (Phi) is 3.25. The molecule has 1 aromatic heterocycles. The molecule has 21 heavy (non-hydrogen) atoms. The van der Waals surface area contributed by atoms with E-state index in [-0.39, 0.29) is 17.3 Å². The predicted molar refractivity (Wildman–Crippen MR) is 78.8 cm³/mol. The van der Waals surface area contributed by atoms with Gasteiger partial charge in [-0.2, -0.15) is 0 Å². The number of aryl methyl sites for hydroxylation is 1. The maximum absolute atomic E-state index is 11.3. The molecular formula is C13H13N3O4S. The van der Waals surface area contributed by atoms with Gasteiger partial charge in [-0.1, -0.05) is 0 Å². The van der Waals surface area contributed by atoms with Crippen molar-refractivity contribution in [2.45, 2.75) is 25.8 Å². The van der Waals surface area contributed by atoms with Crippen molar-refractivity contribution < 1.29 is 14.8 Å². The lowest BCUT2D eigenvalue weighted by Gasteiger charge is -2.14. The van der Waals surface area contributed by atoms with E-state index in [1.54, 1.807) is 6.07 Å². The maximum atomic E-state index is 11.3. The molecule has 0 bridgehead atoms. The van der Waals surface area contributed by atoms with Crippen LogP contribution in [-0.4, -0.2) is 27.0 Å². The highest BCUT2D eigenvalue weighted by atomic mass is 32.1. The Morgan fingerprint density at radius 3 is 2.86 bits per heavy atom. The number of aromatic nitrogens is 1. The van der Waals surface area contributed by atoms with Crippen molar-refractivity contribution >= 4 is 38.9 Å². The molecule has 110 valence electrons. The second-order valence-corrected chi connectivity index (χ2v) is 6.36. The van der Waals surface area contributed by atoms with E-state index >= 15 is 0 Å². The number of hydrogen-bond acceptors (Lipinski definition) is 6. The van der Waals surface area contributed by atoms with Crippen molar-refractivity contribution in [3.8, 4) is 0 Å². The number of hydrogen-bond donors (Lipinski definition) is 2. The van der Waals surface area contributed by atoms with Gasteiger partial charge in [0.1, 0.15) is 11.7 Å². The van der Waals surface area contributed by atoms with Crippen LogP contribution in [-0.2, 0) is 4.79 Å². The number of rotatable bonds is 5. The van der Waals surface area contributed by atoms with E-state index in [2.05, 4.69) is 10.3 Å². The molecule has 2 aromatic rings. The van der Waals surface area contributed by atoms with Gasteiger partial charge in [0.15, 0.2) is 0 Å². The van der Waals surface area contributed by atoms with Crippen LogP contribution in [0.15, 0.2) is 12.1 Å². The second kappa shape index (κ2) is 4.96. The van der Waals surface area contributed by atoms with Crippen molar-refractivity contribution in [1.29, 1.82) is 0 Å². The third-order valence-electron chi connectivity index (χ3n) is 3.48. The van der Waals surface area contributed by atoms with Crippen LogP contribution in [0.2, 0.25) is 0 Å². The average molecular weight is 307 g/mol. The zero-order chi connectivity index (χ0) is 15.1. The molecule has 2 N–H and O–H groups in total. The van der Waals surface area contributed by atoms with E-state index < -0.39 is 16.9 Å². The fraction of sp³-hybridized carbons (Fsp3) is 0.385. The lowest BCUT2D eigenvalue weighted by atomic mass is 10.1.